The number of amides is 1. The molecular weight excluding hydrogens is 476 g/mol. The van der Waals surface area contributed by atoms with Gasteiger partial charge >= 0.3 is 12.1 Å². The summed E-state index contributed by atoms with van der Waals surface area (Å²) in [6.07, 6.45) is 1.14. The lowest BCUT2D eigenvalue weighted by Gasteiger charge is -2.31. The Kier molecular flexibility index (Phi) is 5.76. The highest BCUT2D eigenvalue weighted by Crippen LogP contribution is 2.38. The van der Waals surface area contributed by atoms with Gasteiger partial charge in [0.05, 0.1) is 41.8 Å². The molecule has 0 saturated heterocycles. The third-order valence-corrected chi connectivity index (χ3v) is 6.33. The van der Waals surface area contributed by atoms with Crippen molar-refractivity contribution in [1.82, 2.24) is 19.9 Å². The molecule has 2 N–H and O–H groups in total. The Bertz CT molecular complexity index is 1590. The number of rotatable bonds is 2. The molecule has 37 heavy (non-hydrogen) atoms. The summed E-state index contributed by atoms with van der Waals surface area (Å²) in [6, 6.07) is 5.40. The summed E-state index contributed by atoms with van der Waals surface area (Å²) < 4.78 is 11.9. The first-order chi connectivity index (χ1) is 17.5. The predicted octanol–water partition coefficient (Wildman–Crippen LogP) is 2.35. The van der Waals surface area contributed by atoms with Gasteiger partial charge < -0.3 is 24.5 Å². The van der Waals surface area contributed by atoms with Crippen molar-refractivity contribution in [3.63, 3.8) is 0 Å². The standard InChI is InChI=1S/C27H26N4O6/c1-5-27(35)19-11-21-22-16(13-31(21)23(32)18(19)14-36-24(27)33)9-15-10-17(29-12-20(15)30-22)7-6-8-28-25(34)37-26(2,3)4/h9-12,35H,5,8,13-14H2,1-4H3,(H,28,34)/t27-/m0/s1. The van der Waals surface area contributed by atoms with E-state index in [0.29, 0.717) is 29.1 Å². The lowest BCUT2D eigenvalue weighted by Crippen LogP contribution is -2.44. The molecule has 190 valence electrons. The first-order valence-corrected chi connectivity index (χ1v) is 11.9. The molecule has 0 bridgehead atoms. The van der Waals surface area contributed by atoms with Crippen LogP contribution in [0, 0.1) is 11.8 Å². The van der Waals surface area contributed by atoms with Crippen molar-refractivity contribution < 1.29 is 24.2 Å². The molecule has 1 atom stereocenters. The number of aliphatic hydroxyl groups is 1. The number of alkyl carbamates (subject to hydrolysis) is 1. The first-order valence-electron chi connectivity index (χ1n) is 11.9. The predicted molar refractivity (Wildman–Crippen MR) is 133 cm³/mol. The average molecular weight is 503 g/mol. The Morgan fingerprint density at radius 3 is 2.81 bits per heavy atom. The van der Waals surface area contributed by atoms with E-state index in [1.807, 2.05) is 6.07 Å². The van der Waals surface area contributed by atoms with Crippen LogP contribution < -0.4 is 10.9 Å². The van der Waals surface area contributed by atoms with E-state index in [4.69, 9.17) is 14.5 Å². The molecule has 0 aliphatic carbocycles. The van der Waals surface area contributed by atoms with E-state index < -0.39 is 23.3 Å². The van der Waals surface area contributed by atoms with E-state index in [1.54, 1.807) is 50.6 Å². The maximum absolute atomic E-state index is 13.3. The number of pyridine rings is 3. The molecule has 0 unspecified atom stereocenters. The summed E-state index contributed by atoms with van der Waals surface area (Å²) in [4.78, 5) is 46.4. The van der Waals surface area contributed by atoms with Gasteiger partial charge in [-0.15, -0.1) is 0 Å². The van der Waals surface area contributed by atoms with Crippen molar-refractivity contribution in [3.8, 4) is 23.2 Å². The molecule has 10 nitrogen and oxygen atoms in total. The summed E-state index contributed by atoms with van der Waals surface area (Å²) in [5.41, 5.74) is 0.891. The van der Waals surface area contributed by atoms with Gasteiger partial charge in [-0.25, -0.2) is 19.6 Å². The number of hydrogen-bond donors (Lipinski definition) is 2. The van der Waals surface area contributed by atoms with Crippen molar-refractivity contribution >= 4 is 23.0 Å². The minimum atomic E-state index is -1.87. The molecule has 3 aromatic heterocycles. The Labute approximate surface area is 212 Å². The number of nitrogens with one attached hydrogen (secondary N) is 1. The van der Waals surface area contributed by atoms with Crippen molar-refractivity contribution in [2.75, 3.05) is 6.54 Å². The van der Waals surface area contributed by atoms with Crippen LogP contribution in [-0.2, 0) is 33.0 Å². The highest BCUT2D eigenvalue weighted by Gasteiger charge is 2.45. The summed E-state index contributed by atoms with van der Waals surface area (Å²) >= 11 is 0. The number of esters is 1. The number of nitrogens with zero attached hydrogens (tertiary/aromatic N) is 3. The second kappa shape index (κ2) is 8.71. The number of cyclic esters (lactones) is 1. The highest BCUT2D eigenvalue weighted by atomic mass is 16.6. The summed E-state index contributed by atoms with van der Waals surface area (Å²) in [6.45, 7) is 7.26. The van der Waals surface area contributed by atoms with Gasteiger partial charge in [0, 0.05) is 16.5 Å². The number of aromatic nitrogens is 3. The van der Waals surface area contributed by atoms with E-state index in [9.17, 15) is 19.5 Å². The van der Waals surface area contributed by atoms with Crippen LogP contribution >= 0.6 is 0 Å². The van der Waals surface area contributed by atoms with E-state index in [2.05, 4.69) is 22.1 Å². The Morgan fingerprint density at radius 2 is 2.08 bits per heavy atom. The molecule has 1 amide bonds. The maximum Gasteiger partial charge on any atom is 0.408 e. The van der Waals surface area contributed by atoms with Crippen LogP contribution in [0.15, 0.2) is 29.2 Å². The van der Waals surface area contributed by atoms with Gasteiger partial charge in [-0.1, -0.05) is 12.8 Å². The number of ether oxygens (including phenoxy) is 2. The topological polar surface area (TPSA) is 133 Å². The SMILES string of the molecule is CC[C@@]1(O)C(=O)OCc2c1cc1n(c2=O)Cc2cc3cc(C#CCNC(=O)OC(C)(C)C)ncc3nc2-1. The zero-order valence-corrected chi connectivity index (χ0v) is 21.0. The third-order valence-electron chi connectivity index (χ3n) is 6.33. The van der Waals surface area contributed by atoms with Crippen LogP contribution in [0.3, 0.4) is 0 Å². The van der Waals surface area contributed by atoms with Crippen LogP contribution in [-0.4, -0.2) is 43.8 Å². The van der Waals surface area contributed by atoms with Crippen molar-refractivity contribution in [2.24, 2.45) is 0 Å². The second-order valence-corrected chi connectivity index (χ2v) is 10.0. The Morgan fingerprint density at radius 1 is 1.30 bits per heavy atom. The van der Waals surface area contributed by atoms with Crippen LogP contribution in [0.5, 0.6) is 0 Å². The van der Waals surface area contributed by atoms with Gasteiger partial charge in [-0.05, 0) is 51.3 Å². The molecule has 0 fully saturated rings. The molecule has 2 aliphatic heterocycles. The number of hydrogen-bond acceptors (Lipinski definition) is 8. The summed E-state index contributed by atoms with van der Waals surface area (Å²) in [5.74, 6) is 5.02. The van der Waals surface area contributed by atoms with Crippen molar-refractivity contribution in [2.45, 2.75) is 58.5 Å². The van der Waals surface area contributed by atoms with E-state index >= 15 is 0 Å². The monoisotopic (exact) mass is 502 g/mol. The molecule has 10 heteroatoms. The van der Waals surface area contributed by atoms with Gasteiger partial charge in [0.25, 0.3) is 5.56 Å². The fraction of sp³-hybridized carbons (Fsp3) is 0.370. The number of carbonyl (C=O) groups is 2. The Hall–Kier alpha value is -4.23. The lowest BCUT2D eigenvalue weighted by molar-refractivity contribution is -0.172. The molecule has 0 spiro atoms. The zero-order valence-electron chi connectivity index (χ0n) is 21.0. The number of fused-ring (bicyclic) bond motifs is 5. The van der Waals surface area contributed by atoms with E-state index in [-0.39, 0.29) is 36.3 Å². The summed E-state index contributed by atoms with van der Waals surface area (Å²) in [5, 5.41) is 14.4. The van der Waals surface area contributed by atoms with Crippen molar-refractivity contribution in [3.05, 3.63) is 57.1 Å². The Balaban J connectivity index is 1.44. The van der Waals surface area contributed by atoms with Crippen LogP contribution in [0.25, 0.3) is 22.3 Å². The first kappa shape index (κ1) is 24.5. The molecule has 2 aliphatic rings. The lowest BCUT2D eigenvalue weighted by atomic mass is 9.86. The zero-order chi connectivity index (χ0) is 26.5. The molecule has 3 aromatic rings. The maximum atomic E-state index is 13.3. The fourth-order valence-corrected chi connectivity index (χ4v) is 4.52. The van der Waals surface area contributed by atoms with Crippen LogP contribution in [0.2, 0.25) is 0 Å². The second-order valence-electron chi connectivity index (χ2n) is 10.0. The van der Waals surface area contributed by atoms with E-state index in [1.165, 1.54) is 0 Å². The molecule has 0 radical (unpaired) electrons. The molecule has 5 rings (SSSR count). The van der Waals surface area contributed by atoms with E-state index in [0.717, 1.165) is 10.9 Å². The fourth-order valence-electron chi connectivity index (χ4n) is 4.52. The molecule has 5 heterocycles. The van der Waals surface area contributed by atoms with Gasteiger partial charge in [0.2, 0.25) is 0 Å². The minimum Gasteiger partial charge on any atom is -0.458 e. The van der Waals surface area contributed by atoms with Crippen LogP contribution in [0.1, 0.15) is 56.5 Å². The van der Waals surface area contributed by atoms with Gasteiger partial charge in [-0.3, -0.25) is 4.79 Å². The minimum absolute atomic E-state index is 0.0841. The van der Waals surface area contributed by atoms with Gasteiger partial charge in [0.1, 0.15) is 17.9 Å². The average Bonchev–Trinajstić information content (AvgIpc) is 3.19. The summed E-state index contributed by atoms with van der Waals surface area (Å²) in [7, 11) is 0. The molecule has 0 saturated carbocycles. The highest BCUT2D eigenvalue weighted by molar-refractivity contribution is 5.86. The smallest absolute Gasteiger partial charge is 0.408 e. The molecular formula is C27H26N4O6. The van der Waals surface area contributed by atoms with Gasteiger partial charge in [0.15, 0.2) is 5.60 Å². The molecule has 0 aromatic carbocycles. The largest absolute Gasteiger partial charge is 0.458 e. The quantitative estimate of drug-likeness (QED) is 0.315. The van der Waals surface area contributed by atoms with Crippen molar-refractivity contribution in [1.29, 1.82) is 0 Å². The number of carbonyl (C=O) groups excluding carboxylic acids is 2. The third kappa shape index (κ3) is 4.32. The van der Waals surface area contributed by atoms with Crippen LogP contribution in [0.4, 0.5) is 4.79 Å². The normalized spacial score (nSPS) is 17.7. The van der Waals surface area contributed by atoms with Gasteiger partial charge in [-0.2, -0.15) is 0 Å².